The average molecular weight is 275 g/mol. The average Bonchev–Trinajstić information content (AvgIpc) is 2.70. The van der Waals surface area contributed by atoms with Gasteiger partial charge in [0.15, 0.2) is 0 Å². The maximum absolute atomic E-state index is 11.6. The third-order valence-electron chi connectivity index (χ3n) is 2.72. The molecule has 0 bridgehead atoms. The first kappa shape index (κ1) is 13.3. The molecule has 0 atom stereocenters. The Labute approximate surface area is 114 Å². The van der Waals surface area contributed by atoms with Crippen LogP contribution in [0.3, 0.4) is 0 Å². The highest BCUT2D eigenvalue weighted by atomic mass is 32.1. The summed E-state index contributed by atoms with van der Waals surface area (Å²) in [4.78, 5) is 22.0. The number of thiazole rings is 1. The molecule has 0 aliphatic rings. The molecule has 1 N–H and O–H groups in total. The van der Waals surface area contributed by atoms with Gasteiger partial charge in [0.05, 0.1) is 6.54 Å². The summed E-state index contributed by atoms with van der Waals surface area (Å²) in [7, 11) is 0. The normalized spacial score (nSPS) is 11.0. The van der Waals surface area contributed by atoms with Gasteiger partial charge in [-0.3, -0.25) is 9.36 Å². The van der Waals surface area contributed by atoms with E-state index in [2.05, 4.69) is 0 Å². The van der Waals surface area contributed by atoms with Gasteiger partial charge in [-0.05, 0) is 24.1 Å². The van der Waals surface area contributed by atoms with Crippen LogP contribution in [0, 0.1) is 6.92 Å². The predicted molar refractivity (Wildman–Crippen MR) is 75.5 cm³/mol. The monoisotopic (exact) mass is 275 g/mol. The lowest BCUT2D eigenvalue weighted by atomic mass is 10.1. The first-order chi connectivity index (χ1) is 9.06. The van der Waals surface area contributed by atoms with Crippen LogP contribution in [0.15, 0.2) is 40.5 Å². The molecule has 4 nitrogen and oxygen atoms in total. The van der Waals surface area contributed by atoms with Crippen molar-refractivity contribution < 1.29 is 9.90 Å². The van der Waals surface area contributed by atoms with E-state index in [9.17, 15) is 9.59 Å². The van der Waals surface area contributed by atoms with Crippen LogP contribution < -0.4 is 4.87 Å². The van der Waals surface area contributed by atoms with E-state index in [-0.39, 0.29) is 4.87 Å². The molecule has 0 saturated heterocycles. The summed E-state index contributed by atoms with van der Waals surface area (Å²) in [6.07, 6.45) is 2.64. The molecular weight excluding hydrogens is 262 g/mol. The number of hydrogen-bond acceptors (Lipinski definition) is 3. The minimum atomic E-state index is -0.968. The van der Waals surface area contributed by atoms with Crippen LogP contribution in [0.4, 0.5) is 0 Å². The molecular formula is C14H13NO3S. The Morgan fingerprint density at radius 3 is 2.58 bits per heavy atom. The number of carboxylic acid groups (broad SMARTS) is 1. The zero-order valence-electron chi connectivity index (χ0n) is 10.4. The summed E-state index contributed by atoms with van der Waals surface area (Å²) in [5, 5.41) is 10.4. The van der Waals surface area contributed by atoms with Gasteiger partial charge < -0.3 is 5.11 Å². The quantitative estimate of drug-likeness (QED) is 0.871. The lowest BCUT2D eigenvalue weighted by Crippen LogP contribution is -2.15. The van der Waals surface area contributed by atoms with Crippen LogP contribution in [-0.2, 0) is 11.3 Å². The van der Waals surface area contributed by atoms with Crippen molar-refractivity contribution in [1.29, 1.82) is 0 Å². The summed E-state index contributed by atoms with van der Waals surface area (Å²) >= 11 is 1.20. The Balaban J connectivity index is 2.15. The van der Waals surface area contributed by atoms with Gasteiger partial charge in [0.2, 0.25) is 0 Å². The van der Waals surface area contributed by atoms with Crippen molar-refractivity contribution in [3.05, 3.63) is 62.2 Å². The number of nitrogens with zero attached hydrogens (tertiary/aromatic N) is 1. The number of carbonyl (C=O) groups is 1. The minimum Gasteiger partial charge on any atom is -0.478 e. The first-order valence-corrected chi connectivity index (χ1v) is 6.59. The number of aromatic nitrogens is 1. The van der Waals surface area contributed by atoms with Crippen LogP contribution in [0.5, 0.6) is 0 Å². The van der Waals surface area contributed by atoms with Crippen LogP contribution in [-0.4, -0.2) is 15.6 Å². The number of rotatable bonds is 4. The third kappa shape index (κ3) is 3.42. The van der Waals surface area contributed by atoms with Gasteiger partial charge >= 0.3 is 10.8 Å². The van der Waals surface area contributed by atoms with Gasteiger partial charge in [0.1, 0.15) is 0 Å². The molecule has 98 valence electrons. The van der Waals surface area contributed by atoms with Gasteiger partial charge in [0, 0.05) is 17.2 Å². The van der Waals surface area contributed by atoms with Gasteiger partial charge in [-0.15, -0.1) is 0 Å². The van der Waals surface area contributed by atoms with Crippen molar-refractivity contribution in [2.24, 2.45) is 0 Å². The summed E-state index contributed by atoms with van der Waals surface area (Å²) in [6, 6.07) is 7.46. The third-order valence-corrected chi connectivity index (χ3v) is 3.60. The molecule has 0 saturated carbocycles. The number of carboxylic acids is 1. The zero-order chi connectivity index (χ0) is 13.8. The number of aliphatic carboxylic acids is 1. The fraction of sp³-hybridized carbons (Fsp3) is 0.143. The molecule has 5 heteroatoms. The van der Waals surface area contributed by atoms with Crippen molar-refractivity contribution in [2.75, 3.05) is 0 Å². The summed E-state index contributed by atoms with van der Waals surface area (Å²) in [5.41, 5.74) is 2.78. The van der Waals surface area contributed by atoms with Crippen LogP contribution in [0.1, 0.15) is 16.8 Å². The second-order valence-corrected chi connectivity index (χ2v) is 4.96. The van der Waals surface area contributed by atoms with Crippen molar-refractivity contribution >= 4 is 23.4 Å². The lowest BCUT2D eigenvalue weighted by molar-refractivity contribution is -0.131. The largest absolute Gasteiger partial charge is 0.478 e. The van der Waals surface area contributed by atoms with Crippen LogP contribution in [0.25, 0.3) is 6.08 Å². The molecule has 2 rings (SSSR count). The molecule has 0 amide bonds. The van der Waals surface area contributed by atoms with Gasteiger partial charge in [-0.1, -0.05) is 35.6 Å². The molecule has 0 fully saturated rings. The Bertz CT molecular complexity index is 665. The van der Waals surface area contributed by atoms with Crippen LogP contribution in [0.2, 0.25) is 0 Å². The fourth-order valence-corrected chi connectivity index (χ4v) is 2.41. The topological polar surface area (TPSA) is 59.3 Å². The molecule has 1 aromatic carbocycles. The Morgan fingerprint density at radius 1 is 1.37 bits per heavy atom. The van der Waals surface area contributed by atoms with Gasteiger partial charge in [-0.2, -0.15) is 0 Å². The first-order valence-electron chi connectivity index (χ1n) is 5.71. The highest BCUT2D eigenvalue weighted by molar-refractivity contribution is 7.07. The van der Waals surface area contributed by atoms with Gasteiger partial charge in [-0.25, -0.2) is 4.79 Å². The van der Waals surface area contributed by atoms with E-state index in [1.807, 2.05) is 36.6 Å². The molecule has 1 heterocycles. The lowest BCUT2D eigenvalue weighted by Gasteiger charge is -2.04. The molecule has 0 unspecified atom stereocenters. The Hall–Kier alpha value is -2.14. The fourth-order valence-electron chi connectivity index (χ4n) is 1.68. The zero-order valence-corrected chi connectivity index (χ0v) is 11.2. The minimum absolute atomic E-state index is 0.0346. The summed E-state index contributed by atoms with van der Waals surface area (Å²) in [5.74, 6) is -0.968. The molecule has 1 aromatic heterocycles. The van der Waals surface area contributed by atoms with Gasteiger partial charge in [0.25, 0.3) is 0 Å². The Kier molecular flexibility index (Phi) is 3.97. The maximum atomic E-state index is 11.6. The van der Waals surface area contributed by atoms with E-state index in [0.717, 1.165) is 22.9 Å². The number of benzene rings is 1. The van der Waals surface area contributed by atoms with Crippen molar-refractivity contribution in [3.63, 3.8) is 0 Å². The standard InChI is InChI=1S/C14H13NO3S/c1-10-9-19-14(18)15(10)8-12-4-2-11(3-5-12)6-7-13(16)17/h2-7,9H,8H2,1H3,(H,16,17)/b7-6+. The van der Waals surface area contributed by atoms with Crippen molar-refractivity contribution in [2.45, 2.75) is 13.5 Å². The predicted octanol–water partition coefficient (Wildman–Crippen LogP) is 2.36. The number of hydrogen-bond donors (Lipinski definition) is 1. The van der Waals surface area contributed by atoms with E-state index in [4.69, 9.17) is 5.11 Å². The maximum Gasteiger partial charge on any atom is 0.328 e. The number of aryl methyl sites for hydroxylation is 1. The molecule has 19 heavy (non-hydrogen) atoms. The molecule has 0 aliphatic heterocycles. The molecule has 0 aliphatic carbocycles. The summed E-state index contributed by atoms with van der Waals surface area (Å²) in [6.45, 7) is 2.44. The SMILES string of the molecule is Cc1csc(=O)n1Cc1ccc(/C=C/C(=O)O)cc1. The second-order valence-electron chi connectivity index (χ2n) is 4.14. The van der Waals surface area contributed by atoms with E-state index < -0.39 is 5.97 Å². The molecule has 2 aromatic rings. The second kappa shape index (κ2) is 5.67. The van der Waals surface area contributed by atoms with E-state index in [0.29, 0.717) is 6.54 Å². The van der Waals surface area contributed by atoms with E-state index >= 15 is 0 Å². The highest BCUT2D eigenvalue weighted by Crippen LogP contribution is 2.09. The molecule has 0 spiro atoms. The van der Waals surface area contributed by atoms with E-state index in [1.165, 1.54) is 17.4 Å². The van der Waals surface area contributed by atoms with Crippen molar-refractivity contribution in [3.8, 4) is 0 Å². The summed E-state index contributed by atoms with van der Waals surface area (Å²) < 4.78 is 1.72. The van der Waals surface area contributed by atoms with Crippen molar-refractivity contribution in [1.82, 2.24) is 4.57 Å². The van der Waals surface area contributed by atoms with E-state index in [1.54, 1.807) is 4.57 Å². The smallest absolute Gasteiger partial charge is 0.328 e. The highest BCUT2D eigenvalue weighted by Gasteiger charge is 2.03. The Morgan fingerprint density at radius 2 is 2.05 bits per heavy atom. The van der Waals surface area contributed by atoms with Crippen LogP contribution >= 0.6 is 11.3 Å². The molecule has 0 radical (unpaired) electrons.